The van der Waals surface area contributed by atoms with Crippen molar-refractivity contribution in [1.29, 1.82) is 0 Å². The van der Waals surface area contributed by atoms with E-state index < -0.39 is 23.8 Å². The topological polar surface area (TPSA) is 52.6 Å². The van der Waals surface area contributed by atoms with Crippen LogP contribution in [0, 0.1) is 24.4 Å². The molecule has 27 heavy (non-hydrogen) atoms. The molecule has 1 fully saturated rings. The van der Waals surface area contributed by atoms with Gasteiger partial charge in [-0.2, -0.15) is 0 Å². The van der Waals surface area contributed by atoms with E-state index in [-0.39, 0.29) is 43.3 Å². The average molecular weight is 378 g/mol. The van der Waals surface area contributed by atoms with Crippen molar-refractivity contribution in [1.82, 2.24) is 10.2 Å². The molecular formula is C20H21F3N2O2. The van der Waals surface area contributed by atoms with Gasteiger partial charge in [0.05, 0.1) is 12.6 Å². The zero-order valence-electron chi connectivity index (χ0n) is 14.9. The number of rotatable bonds is 5. The summed E-state index contributed by atoms with van der Waals surface area (Å²) in [6, 6.07) is 7.30. The van der Waals surface area contributed by atoms with E-state index in [1.807, 2.05) is 0 Å². The fourth-order valence-electron chi connectivity index (χ4n) is 3.33. The van der Waals surface area contributed by atoms with E-state index in [4.69, 9.17) is 0 Å². The van der Waals surface area contributed by atoms with Gasteiger partial charge in [0.2, 0.25) is 5.91 Å². The number of nitrogens with zero attached hydrogens (tertiary/aromatic N) is 1. The van der Waals surface area contributed by atoms with Crippen molar-refractivity contribution in [2.24, 2.45) is 0 Å². The highest BCUT2D eigenvalue weighted by molar-refractivity contribution is 5.78. The molecule has 1 aliphatic heterocycles. The molecule has 7 heteroatoms. The molecule has 2 aromatic carbocycles. The Hall–Kier alpha value is -2.38. The molecule has 4 nitrogen and oxygen atoms in total. The van der Waals surface area contributed by atoms with Crippen molar-refractivity contribution in [3.63, 3.8) is 0 Å². The zero-order valence-corrected chi connectivity index (χ0v) is 14.9. The Morgan fingerprint density at radius 1 is 1.19 bits per heavy atom. The predicted octanol–water partition coefficient (Wildman–Crippen LogP) is 2.84. The van der Waals surface area contributed by atoms with Gasteiger partial charge in [-0.05, 0) is 48.7 Å². The van der Waals surface area contributed by atoms with Crippen molar-refractivity contribution in [2.45, 2.75) is 32.0 Å². The van der Waals surface area contributed by atoms with Crippen LogP contribution in [0.3, 0.4) is 0 Å². The molecule has 0 aliphatic carbocycles. The minimum absolute atomic E-state index is 0.0774. The number of nitrogens with one attached hydrogen (secondary N) is 1. The Labute approximate surface area is 155 Å². The summed E-state index contributed by atoms with van der Waals surface area (Å²) in [4.78, 5) is 13.9. The molecule has 0 spiro atoms. The van der Waals surface area contributed by atoms with Crippen LogP contribution in [0.2, 0.25) is 0 Å². The lowest BCUT2D eigenvalue weighted by atomic mass is 10.0. The largest absolute Gasteiger partial charge is 0.392 e. The van der Waals surface area contributed by atoms with Gasteiger partial charge in [0.25, 0.3) is 0 Å². The molecule has 3 rings (SSSR count). The number of carbonyl (C=O) groups excluding carboxylic acids is 1. The van der Waals surface area contributed by atoms with E-state index in [1.54, 1.807) is 24.0 Å². The Morgan fingerprint density at radius 2 is 1.96 bits per heavy atom. The number of hydrogen-bond donors (Lipinski definition) is 2. The molecule has 0 radical (unpaired) electrons. The maximum absolute atomic E-state index is 14.1. The number of aliphatic hydroxyl groups is 1. The fourth-order valence-corrected chi connectivity index (χ4v) is 3.33. The second kappa shape index (κ2) is 8.10. The molecule has 2 atom stereocenters. The zero-order chi connectivity index (χ0) is 19.6. The van der Waals surface area contributed by atoms with Crippen molar-refractivity contribution in [3.05, 3.63) is 70.5 Å². The van der Waals surface area contributed by atoms with Gasteiger partial charge in [-0.1, -0.05) is 12.1 Å². The van der Waals surface area contributed by atoms with Crippen molar-refractivity contribution in [3.8, 4) is 0 Å². The molecular weight excluding hydrogens is 357 g/mol. The highest BCUT2D eigenvalue weighted by atomic mass is 19.1. The molecule has 0 saturated carbocycles. The summed E-state index contributed by atoms with van der Waals surface area (Å²) in [5.41, 5.74) is 1.27. The number of benzene rings is 2. The number of β-amino-alcohol motifs (C(OH)–C–C–N with tert-alkyl or cyclic N) is 1. The first-order valence-electron chi connectivity index (χ1n) is 8.72. The van der Waals surface area contributed by atoms with Crippen molar-refractivity contribution < 1.29 is 23.1 Å². The van der Waals surface area contributed by atoms with E-state index in [0.29, 0.717) is 11.1 Å². The van der Waals surface area contributed by atoms with Crippen LogP contribution in [0.4, 0.5) is 13.2 Å². The van der Waals surface area contributed by atoms with Gasteiger partial charge in [0.15, 0.2) is 0 Å². The van der Waals surface area contributed by atoms with Crippen LogP contribution >= 0.6 is 0 Å². The highest BCUT2D eigenvalue weighted by Crippen LogP contribution is 2.33. The Balaban J connectivity index is 1.64. The number of halogens is 3. The van der Waals surface area contributed by atoms with Gasteiger partial charge in [0.1, 0.15) is 17.5 Å². The van der Waals surface area contributed by atoms with Gasteiger partial charge in [-0.3, -0.25) is 9.69 Å². The second-order valence-corrected chi connectivity index (χ2v) is 6.86. The van der Waals surface area contributed by atoms with Crippen molar-refractivity contribution >= 4 is 5.91 Å². The van der Waals surface area contributed by atoms with E-state index in [2.05, 4.69) is 5.32 Å². The number of aliphatic hydroxyl groups excluding tert-OH is 1. The van der Waals surface area contributed by atoms with Crippen LogP contribution in [0.15, 0.2) is 36.4 Å². The van der Waals surface area contributed by atoms with E-state index in [0.717, 1.165) is 18.2 Å². The Bertz CT molecular complexity index is 844. The molecule has 1 saturated heterocycles. The minimum atomic E-state index is -0.725. The molecule has 2 N–H and O–H groups in total. The van der Waals surface area contributed by atoms with Crippen LogP contribution < -0.4 is 5.32 Å². The summed E-state index contributed by atoms with van der Waals surface area (Å²) in [6.45, 7) is 1.92. The lowest BCUT2D eigenvalue weighted by molar-refractivity contribution is -0.122. The number of amides is 1. The number of carbonyl (C=O) groups is 1. The van der Waals surface area contributed by atoms with Crippen molar-refractivity contribution in [2.75, 3.05) is 13.1 Å². The van der Waals surface area contributed by atoms with E-state index >= 15 is 0 Å². The fraction of sp³-hybridized carbons (Fsp3) is 0.350. The van der Waals surface area contributed by atoms with Gasteiger partial charge in [-0.25, -0.2) is 13.2 Å². The summed E-state index contributed by atoms with van der Waals surface area (Å²) in [5, 5.41) is 12.6. The third-order valence-electron chi connectivity index (χ3n) is 4.77. The molecule has 1 heterocycles. The summed E-state index contributed by atoms with van der Waals surface area (Å²) in [5.74, 6) is -1.83. The van der Waals surface area contributed by atoms with Crippen LogP contribution in [-0.4, -0.2) is 35.1 Å². The minimum Gasteiger partial charge on any atom is -0.392 e. The molecule has 0 bridgehead atoms. The summed E-state index contributed by atoms with van der Waals surface area (Å²) < 4.78 is 41.2. The maximum atomic E-state index is 14.1. The predicted molar refractivity (Wildman–Crippen MR) is 94.3 cm³/mol. The SMILES string of the molecule is Cc1ccc(CNC(=O)CN2C[C@H](O)C[C@H]2c2cc(F)ccc2F)cc1F. The van der Waals surface area contributed by atoms with Crippen LogP contribution in [0.25, 0.3) is 0 Å². The van der Waals surface area contributed by atoms with Crippen LogP contribution in [0.1, 0.15) is 29.2 Å². The van der Waals surface area contributed by atoms with E-state index in [9.17, 15) is 23.1 Å². The first-order valence-corrected chi connectivity index (χ1v) is 8.72. The summed E-state index contributed by atoms with van der Waals surface area (Å²) in [6.07, 6.45) is -0.506. The average Bonchev–Trinajstić information content (AvgIpc) is 2.98. The van der Waals surface area contributed by atoms with Crippen LogP contribution in [0.5, 0.6) is 0 Å². The smallest absolute Gasteiger partial charge is 0.234 e. The number of likely N-dealkylation sites (tertiary alicyclic amines) is 1. The Morgan fingerprint density at radius 3 is 2.70 bits per heavy atom. The molecule has 1 amide bonds. The standard InChI is InChI=1S/C20H21F3N2O2/c1-12-2-3-13(6-18(12)23)9-24-20(27)11-25-10-15(26)8-19(25)16-7-14(21)4-5-17(16)22/h2-7,15,19,26H,8-11H2,1H3,(H,24,27)/t15-,19+/m1/s1. The number of hydrogen-bond acceptors (Lipinski definition) is 3. The molecule has 1 aliphatic rings. The lowest BCUT2D eigenvalue weighted by Crippen LogP contribution is -2.37. The Kier molecular flexibility index (Phi) is 5.82. The second-order valence-electron chi connectivity index (χ2n) is 6.86. The number of aryl methyl sites for hydroxylation is 1. The van der Waals surface area contributed by atoms with Gasteiger partial charge >= 0.3 is 0 Å². The molecule has 2 aromatic rings. The third-order valence-corrected chi connectivity index (χ3v) is 4.77. The molecule has 144 valence electrons. The monoisotopic (exact) mass is 378 g/mol. The highest BCUT2D eigenvalue weighted by Gasteiger charge is 2.34. The maximum Gasteiger partial charge on any atom is 0.234 e. The normalized spacial score (nSPS) is 20.0. The summed E-state index contributed by atoms with van der Waals surface area (Å²) in [7, 11) is 0. The van der Waals surface area contributed by atoms with Gasteiger partial charge in [0, 0.05) is 24.7 Å². The quantitative estimate of drug-likeness (QED) is 0.841. The first-order chi connectivity index (χ1) is 12.8. The van der Waals surface area contributed by atoms with Gasteiger partial charge < -0.3 is 10.4 Å². The third kappa shape index (κ3) is 4.67. The summed E-state index contributed by atoms with van der Waals surface area (Å²) >= 11 is 0. The first kappa shape index (κ1) is 19.4. The molecule has 0 aromatic heterocycles. The van der Waals surface area contributed by atoms with E-state index in [1.165, 1.54) is 6.07 Å². The van der Waals surface area contributed by atoms with Gasteiger partial charge in [-0.15, -0.1) is 0 Å². The lowest BCUT2D eigenvalue weighted by Gasteiger charge is -2.24. The van der Waals surface area contributed by atoms with Crippen LogP contribution in [-0.2, 0) is 11.3 Å². The molecule has 0 unspecified atom stereocenters.